The maximum Gasteiger partial charge on any atom is 0.191 e. The van der Waals surface area contributed by atoms with E-state index < -0.39 is 0 Å². The van der Waals surface area contributed by atoms with Gasteiger partial charge in [0, 0.05) is 51.5 Å². The molecule has 0 aliphatic carbocycles. The minimum Gasteiger partial charge on any atom is -0.356 e. The van der Waals surface area contributed by atoms with Crippen molar-refractivity contribution in [2.24, 2.45) is 4.99 Å². The summed E-state index contributed by atoms with van der Waals surface area (Å²) in [5.74, 6) is 1.16. The molecule has 0 fully saturated rings. The highest BCUT2D eigenvalue weighted by atomic mass is 19.1. The fraction of sp³-hybridized carbons (Fsp3) is 0.316. The Hall–Kier alpha value is -3.16. The summed E-state index contributed by atoms with van der Waals surface area (Å²) in [7, 11) is 1.72. The molecule has 7 nitrogen and oxygen atoms in total. The molecule has 0 amide bonds. The molecule has 0 bridgehead atoms. The molecule has 0 saturated heterocycles. The van der Waals surface area contributed by atoms with E-state index in [-0.39, 0.29) is 5.82 Å². The van der Waals surface area contributed by atoms with Gasteiger partial charge in [0.05, 0.1) is 5.69 Å². The Morgan fingerprint density at radius 2 is 2.11 bits per heavy atom. The summed E-state index contributed by atoms with van der Waals surface area (Å²) in [5, 5.41) is 10.6. The summed E-state index contributed by atoms with van der Waals surface area (Å²) in [6.07, 6.45) is 8.05. The fourth-order valence-electron chi connectivity index (χ4n) is 2.78. The smallest absolute Gasteiger partial charge is 0.191 e. The predicted molar refractivity (Wildman–Crippen MR) is 103 cm³/mol. The molecular weight excluding hydrogens is 345 g/mol. The van der Waals surface area contributed by atoms with Gasteiger partial charge in [0.15, 0.2) is 5.96 Å². The lowest BCUT2D eigenvalue weighted by molar-refractivity contribution is 0.570. The third-order valence-electron chi connectivity index (χ3n) is 4.20. The molecule has 0 atom stereocenters. The number of aryl methyl sites for hydroxylation is 2. The summed E-state index contributed by atoms with van der Waals surface area (Å²) < 4.78 is 18.1. The van der Waals surface area contributed by atoms with Crippen LogP contribution in [0.1, 0.15) is 17.8 Å². The van der Waals surface area contributed by atoms with E-state index in [1.54, 1.807) is 36.3 Å². The van der Waals surface area contributed by atoms with E-state index in [0.717, 1.165) is 30.9 Å². The van der Waals surface area contributed by atoms with Crippen molar-refractivity contribution in [2.75, 3.05) is 13.6 Å². The number of aliphatic imine (C=N–C) groups is 1. The fourth-order valence-corrected chi connectivity index (χ4v) is 2.78. The van der Waals surface area contributed by atoms with Gasteiger partial charge in [0.2, 0.25) is 0 Å². The zero-order valence-electron chi connectivity index (χ0n) is 15.6. The number of imidazole rings is 1. The van der Waals surface area contributed by atoms with Crippen molar-refractivity contribution in [2.45, 2.75) is 26.4 Å². The van der Waals surface area contributed by atoms with Crippen LogP contribution in [0.4, 0.5) is 4.39 Å². The third-order valence-corrected chi connectivity index (χ3v) is 4.20. The van der Waals surface area contributed by atoms with Crippen LogP contribution in [-0.2, 0) is 13.1 Å². The molecule has 0 spiro atoms. The largest absolute Gasteiger partial charge is 0.356 e. The van der Waals surface area contributed by atoms with Gasteiger partial charge in [-0.25, -0.2) is 9.37 Å². The molecular formula is C19H24FN7. The van der Waals surface area contributed by atoms with Gasteiger partial charge in [-0.1, -0.05) is 6.07 Å². The van der Waals surface area contributed by atoms with E-state index in [2.05, 4.69) is 25.7 Å². The quantitative estimate of drug-likeness (QED) is 0.381. The van der Waals surface area contributed by atoms with E-state index in [4.69, 9.17) is 0 Å². The van der Waals surface area contributed by atoms with Crippen molar-refractivity contribution in [3.8, 4) is 5.69 Å². The van der Waals surface area contributed by atoms with Crippen LogP contribution in [0.5, 0.6) is 0 Å². The minimum absolute atomic E-state index is 0.280. The monoisotopic (exact) mass is 369 g/mol. The molecule has 8 heteroatoms. The molecule has 0 aliphatic heterocycles. The minimum atomic E-state index is -0.280. The standard InChI is InChI=1S/C19H24FN7/c1-15-22-9-12-27(15)18-6-5-16(13-17(18)20)14-24-19(21-2)23-7-3-10-26-11-4-8-25-26/h4-6,8-9,11-13H,3,7,10,14H2,1-2H3,(H2,21,23,24). The summed E-state index contributed by atoms with van der Waals surface area (Å²) in [6, 6.07) is 7.11. The number of nitrogens with zero attached hydrogens (tertiary/aromatic N) is 5. The average molecular weight is 369 g/mol. The van der Waals surface area contributed by atoms with Crippen molar-refractivity contribution in [1.82, 2.24) is 30.0 Å². The summed E-state index contributed by atoms with van der Waals surface area (Å²) in [4.78, 5) is 8.33. The molecule has 3 rings (SSSR count). The number of hydrogen-bond donors (Lipinski definition) is 2. The van der Waals surface area contributed by atoms with E-state index in [1.165, 1.54) is 6.07 Å². The van der Waals surface area contributed by atoms with E-state index in [9.17, 15) is 4.39 Å². The zero-order valence-corrected chi connectivity index (χ0v) is 15.6. The second-order valence-electron chi connectivity index (χ2n) is 6.11. The Balaban J connectivity index is 1.49. The first kappa shape index (κ1) is 18.6. The lowest BCUT2D eigenvalue weighted by Crippen LogP contribution is -2.37. The first-order chi connectivity index (χ1) is 13.2. The highest BCUT2D eigenvalue weighted by Crippen LogP contribution is 2.16. The lowest BCUT2D eigenvalue weighted by atomic mass is 10.2. The van der Waals surface area contributed by atoms with Crippen LogP contribution in [0, 0.1) is 12.7 Å². The van der Waals surface area contributed by atoms with E-state index in [1.807, 2.05) is 29.9 Å². The molecule has 3 aromatic rings. The first-order valence-electron chi connectivity index (χ1n) is 8.88. The molecule has 0 saturated carbocycles. The van der Waals surface area contributed by atoms with Gasteiger partial charge < -0.3 is 15.2 Å². The Labute approximate surface area is 158 Å². The van der Waals surface area contributed by atoms with Gasteiger partial charge in [-0.2, -0.15) is 5.10 Å². The van der Waals surface area contributed by atoms with Crippen molar-refractivity contribution in [3.63, 3.8) is 0 Å². The Bertz CT molecular complexity index is 883. The van der Waals surface area contributed by atoms with Gasteiger partial charge in [-0.3, -0.25) is 9.67 Å². The molecule has 0 aliphatic rings. The number of guanidine groups is 1. The number of halogens is 1. The normalized spacial score (nSPS) is 11.6. The molecule has 2 aromatic heterocycles. The third kappa shape index (κ3) is 4.93. The number of aromatic nitrogens is 4. The Morgan fingerprint density at radius 1 is 1.22 bits per heavy atom. The molecule has 142 valence electrons. The number of hydrogen-bond acceptors (Lipinski definition) is 3. The van der Waals surface area contributed by atoms with Crippen LogP contribution in [0.3, 0.4) is 0 Å². The number of benzene rings is 1. The van der Waals surface area contributed by atoms with Crippen LogP contribution < -0.4 is 10.6 Å². The predicted octanol–water partition coefficient (Wildman–Crippen LogP) is 2.27. The lowest BCUT2D eigenvalue weighted by Gasteiger charge is -2.13. The van der Waals surface area contributed by atoms with Crippen molar-refractivity contribution < 1.29 is 4.39 Å². The van der Waals surface area contributed by atoms with Gasteiger partial charge in [-0.15, -0.1) is 0 Å². The molecule has 27 heavy (non-hydrogen) atoms. The molecule has 2 N–H and O–H groups in total. The van der Waals surface area contributed by atoms with Crippen molar-refractivity contribution >= 4 is 5.96 Å². The second kappa shape index (κ2) is 8.98. The van der Waals surface area contributed by atoms with Crippen molar-refractivity contribution in [1.29, 1.82) is 0 Å². The van der Waals surface area contributed by atoms with Crippen LogP contribution in [-0.4, -0.2) is 38.9 Å². The summed E-state index contributed by atoms with van der Waals surface area (Å²) in [6.45, 7) is 3.94. The summed E-state index contributed by atoms with van der Waals surface area (Å²) in [5.41, 5.74) is 1.34. The average Bonchev–Trinajstić information content (AvgIpc) is 3.33. The molecule has 0 radical (unpaired) electrons. The summed E-state index contributed by atoms with van der Waals surface area (Å²) >= 11 is 0. The highest BCUT2D eigenvalue weighted by molar-refractivity contribution is 5.79. The molecule has 1 aromatic carbocycles. The van der Waals surface area contributed by atoms with Crippen LogP contribution in [0.25, 0.3) is 5.69 Å². The maximum atomic E-state index is 14.5. The molecule has 0 unspecified atom stereocenters. The van der Waals surface area contributed by atoms with Crippen LogP contribution in [0.2, 0.25) is 0 Å². The number of rotatable bonds is 7. The Kier molecular flexibility index (Phi) is 6.19. The SMILES string of the molecule is CN=C(NCCCn1cccn1)NCc1ccc(-n2ccnc2C)c(F)c1. The van der Waals surface area contributed by atoms with Crippen LogP contribution >= 0.6 is 0 Å². The molecule has 2 heterocycles. The van der Waals surface area contributed by atoms with E-state index >= 15 is 0 Å². The van der Waals surface area contributed by atoms with Gasteiger partial charge in [0.1, 0.15) is 11.6 Å². The van der Waals surface area contributed by atoms with Gasteiger partial charge in [0.25, 0.3) is 0 Å². The number of nitrogens with one attached hydrogen (secondary N) is 2. The van der Waals surface area contributed by atoms with Gasteiger partial charge in [-0.05, 0) is 37.1 Å². The highest BCUT2D eigenvalue weighted by Gasteiger charge is 2.08. The van der Waals surface area contributed by atoms with E-state index in [0.29, 0.717) is 18.2 Å². The Morgan fingerprint density at radius 3 is 2.78 bits per heavy atom. The van der Waals surface area contributed by atoms with Crippen LogP contribution in [0.15, 0.2) is 54.0 Å². The van der Waals surface area contributed by atoms with Gasteiger partial charge >= 0.3 is 0 Å². The second-order valence-corrected chi connectivity index (χ2v) is 6.11. The maximum absolute atomic E-state index is 14.5. The first-order valence-corrected chi connectivity index (χ1v) is 8.88. The zero-order chi connectivity index (χ0) is 19.1. The van der Waals surface area contributed by atoms with Crippen molar-refractivity contribution in [3.05, 3.63) is 66.3 Å². The topological polar surface area (TPSA) is 72.1 Å².